The Hall–Kier alpha value is -1.12. The van der Waals surface area contributed by atoms with Gasteiger partial charge in [0, 0.05) is 23.4 Å². The van der Waals surface area contributed by atoms with E-state index in [2.05, 4.69) is 21.2 Å². The Morgan fingerprint density at radius 1 is 1.36 bits per heavy atom. The predicted octanol–water partition coefficient (Wildman–Crippen LogP) is 3.16. The van der Waals surface area contributed by atoms with E-state index < -0.39 is 23.7 Å². The van der Waals surface area contributed by atoms with Crippen molar-refractivity contribution in [3.8, 4) is 0 Å². The first kappa shape index (κ1) is 17.2. The third-order valence-electron chi connectivity index (χ3n) is 3.62. The van der Waals surface area contributed by atoms with E-state index in [1.54, 1.807) is 0 Å². The van der Waals surface area contributed by atoms with Crippen molar-refractivity contribution in [1.29, 1.82) is 0 Å². The monoisotopic (exact) mass is 380 g/mol. The Bertz CT molecular complexity index is 545. The number of anilines is 1. The van der Waals surface area contributed by atoms with Gasteiger partial charge < -0.3 is 15.8 Å². The maximum absolute atomic E-state index is 12.8. The molecule has 0 aromatic heterocycles. The molecule has 1 aliphatic heterocycles. The van der Waals surface area contributed by atoms with Crippen molar-refractivity contribution in [3.05, 3.63) is 28.2 Å². The Morgan fingerprint density at radius 2 is 2.00 bits per heavy atom. The summed E-state index contributed by atoms with van der Waals surface area (Å²) in [4.78, 5) is 12.1. The molecule has 0 saturated carbocycles. The van der Waals surface area contributed by atoms with E-state index in [1.807, 2.05) is 0 Å². The van der Waals surface area contributed by atoms with Crippen LogP contribution in [0.4, 0.5) is 18.9 Å². The van der Waals surface area contributed by atoms with Crippen LogP contribution in [-0.4, -0.2) is 25.2 Å². The number of nitrogens with two attached hydrogens (primary N) is 1. The van der Waals surface area contributed by atoms with Crippen LogP contribution in [0.5, 0.6) is 0 Å². The number of ether oxygens (including phenoxy) is 1. The number of halogens is 4. The highest BCUT2D eigenvalue weighted by atomic mass is 79.9. The highest BCUT2D eigenvalue weighted by Gasteiger charge is 2.33. The van der Waals surface area contributed by atoms with Crippen molar-refractivity contribution < 1.29 is 22.7 Å². The number of hydrogen-bond donors (Lipinski definition) is 2. The summed E-state index contributed by atoms with van der Waals surface area (Å²) in [7, 11) is 0. The molecule has 4 nitrogen and oxygen atoms in total. The number of alkyl halides is 3. The van der Waals surface area contributed by atoms with Crippen molar-refractivity contribution in [2.75, 3.05) is 18.5 Å². The second-order valence-electron chi connectivity index (χ2n) is 5.16. The van der Waals surface area contributed by atoms with E-state index in [4.69, 9.17) is 10.5 Å². The summed E-state index contributed by atoms with van der Waals surface area (Å²) in [6.07, 6.45) is -3.16. The predicted molar refractivity (Wildman–Crippen MR) is 79.3 cm³/mol. The first-order valence-corrected chi connectivity index (χ1v) is 7.59. The number of amides is 1. The van der Waals surface area contributed by atoms with E-state index in [0.717, 1.165) is 6.07 Å². The first-order valence-electron chi connectivity index (χ1n) is 6.80. The Morgan fingerprint density at radius 3 is 2.59 bits per heavy atom. The number of carbonyl (C=O) groups excluding carboxylic acids is 1. The second-order valence-corrected chi connectivity index (χ2v) is 6.01. The maximum atomic E-state index is 12.8. The molecule has 0 radical (unpaired) electrons. The summed E-state index contributed by atoms with van der Waals surface area (Å²) in [6, 6.07) is 2.77. The number of rotatable bonds is 3. The van der Waals surface area contributed by atoms with E-state index >= 15 is 0 Å². The van der Waals surface area contributed by atoms with E-state index in [-0.39, 0.29) is 16.1 Å². The van der Waals surface area contributed by atoms with Gasteiger partial charge in [0.1, 0.15) is 0 Å². The molecule has 0 aliphatic carbocycles. The number of benzene rings is 1. The van der Waals surface area contributed by atoms with Crippen molar-refractivity contribution in [2.24, 2.45) is 11.7 Å². The molecular weight excluding hydrogens is 365 g/mol. The number of carbonyl (C=O) groups is 1. The Kier molecular flexibility index (Phi) is 5.46. The molecule has 2 rings (SSSR count). The van der Waals surface area contributed by atoms with Gasteiger partial charge in [0.2, 0.25) is 5.91 Å². The molecule has 1 aliphatic rings. The van der Waals surface area contributed by atoms with Gasteiger partial charge in [0.15, 0.2) is 0 Å². The molecule has 122 valence electrons. The molecule has 8 heteroatoms. The number of nitrogens with one attached hydrogen (secondary N) is 1. The van der Waals surface area contributed by atoms with Crippen molar-refractivity contribution in [2.45, 2.75) is 25.1 Å². The van der Waals surface area contributed by atoms with Gasteiger partial charge in [-0.05, 0) is 37.0 Å². The molecular formula is C14H16BrF3N2O2. The topological polar surface area (TPSA) is 64.4 Å². The molecule has 1 unspecified atom stereocenters. The molecule has 0 spiro atoms. The fraction of sp³-hybridized carbons (Fsp3) is 0.500. The molecule has 1 fully saturated rings. The molecule has 0 bridgehead atoms. The van der Waals surface area contributed by atoms with Crippen LogP contribution in [0.15, 0.2) is 22.7 Å². The van der Waals surface area contributed by atoms with E-state index in [1.165, 1.54) is 12.1 Å². The van der Waals surface area contributed by atoms with Crippen molar-refractivity contribution >= 4 is 27.5 Å². The van der Waals surface area contributed by atoms with Crippen LogP contribution in [0.3, 0.4) is 0 Å². The third kappa shape index (κ3) is 4.21. The minimum absolute atomic E-state index is 0.0220. The van der Waals surface area contributed by atoms with E-state index in [9.17, 15) is 18.0 Å². The SMILES string of the molecule is NC(C(=O)Nc1ccc(Br)c(C(F)(F)F)c1)C1CCOCC1. The summed E-state index contributed by atoms with van der Waals surface area (Å²) in [5, 5.41) is 2.45. The van der Waals surface area contributed by atoms with Crippen LogP contribution < -0.4 is 11.1 Å². The fourth-order valence-electron chi connectivity index (χ4n) is 2.33. The maximum Gasteiger partial charge on any atom is 0.417 e. The standard InChI is InChI=1S/C14H16BrF3N2O2/c15-11-2-1-9(7-10(11)14(16,17)18)20-13(21)12(19)8-3-5-22-6-4-8/h1-2,7-8,12H,3-6,19H2,(H,20,21). The zero-order valence-corrected chi connectivity index (χ0v) is 13.2. The van der Waals surface area contributed by atoms with Gasteiger partial charge in [0.25, 0.3) is 0 Å². The molecule has 1 aromatic carbocycles. The lowest BCUT2D eigenvalue weighted by atomic mass is 9.92. The summed E-state index contributed by atoms with van der Waals surface area (Å²) in [5.74, 6) is -0.506. The van der Waals surface area contributed by atoms with Crippen molar-refractivity contribution in [3.63, 3.8) is 0 Å². The molecule has 1 heterocycles. The fourth-order valence-corrected chi connectivity index (χ4v) is 2.81. The smallest absolute Gasteiger partial charge is 0.381 e. The van der Waals surface area contributed by atoms with Crippen LogP contribution in [0.1, 0.15) is 18.4 Å². The first-order chi connectivity index (χ1) is 10.3. The van der Waals surface area contributed by atoms with Crippen LogP contribution >= 0.6 is 15.9 Å². The highest BCUT2D eigenvalue weighted by Crippen LogP contribution is 2.36. The Labute approximate surface area is 134 Å². The lowest BCUT2D eigenvalue weighted by molar-refractivity contribution is -0.138. The minimum Gasteiger partial charge on any atom is -0.381 e. The number of hydrogen-bond acceptors (Lipinski definition) is 3. The lowest BCUT2D eigenvalue weighted by Gasteiger charge is -2.26. The molecule has 3 N–H and O–H groups in total. The van der Waals surface area contributed by atoms with E-state index in [0.29, 0.717) is 26.1 Å². The summed E-state index contributed by atoms with van der Waals surface area (Å²) in [5.41, 5.74) is 5.12. The van der Waals surface area contributed by atoms with Crippen LogP contribution in [0.2, 0.25) is 0 Å². The summed E-state index contributed by atoms with van der Waals surface area (Å²) < 4.78 is 43.6. The van der Waals surface area contributed by atoms with Gasteiger partial charge in [-0.3, -0.25) is 4.79 Å². The molecule has 22 heavy (non-hydrogen) atoms. The average molecular weight is 381 g/mol. The van der Waals surface area contributed by atoms with Crippen LogP contribution in [0, 0.1) is 5.92 Å². The van der Waals surface area contributed by atoms with Gasteiger partial charge >= 0.3 is 6.18 Å². The van der Waals surface area contributed by atoms with Crippen LogP contribution in [0.25, 0.3) is 0 Å². The zero-order valence-electron chi connectivity index (χ0n) is 11.6. The normalized spacial score (nSPS) is 18.0. The minimum atomic E-state index is -4.50. The third-order valence-corrected chi connectivity index (χ3v) is 4.31. The van der Waals surface area contributed by atoms with Gasteiger partial charge in [-0.25, -0.2) is 0 Å². The second kappa shape index (κ2) is 6.97. The van der Waals surface area contributed by atoms with Gasteiger partial charge in [-0.15, -0.1) is 0 Å². The van der Waals surface area contributed by atoms with Gasteiger partial charge in [0.05, 0.1) is 11.6 Å². The molecule has 1 aromatic rings. The lowest BCUT2D eigenvalue weighted by Crippen LogP contribution is -2.44. The quantitative estimate of drug-likeness (QED) is 0.846. The molecule has 1 atom stereocenters. The molecule has 1 amide bonds. The zero-order chi connectivity index (χ0) is 16.3. The summed E-state index contributed by atoms with van der Waals surface area (Å²) >= 11 is 2.85. The Balaban J connectivity index is 2.08. The largest absolute Gasteiger partial charge is 0.417 e. The van der Waals surface area contributed by atoms with Gasteiger partial charge in [-0.2, -0.15) is 13.2 Å². The average Bonchev–Trinajstić information content (AvgIpc) is 2.48. The summed E-state index contributed by atoms with van der Waals surface area (Å²) in [6.45, 7) is 1.09. The van der Waals surface area contributed by atoms with Crippen molar-refractivity contribution in [1.82, 2.24) is 0 Å². The van der Waals surface area contributed by atoms with Gasteiger partial charge in [-0.1, -0.05) is 15.9 Å². The molecule has 1 saturated heterocycles. The highest BCUT2D eigenvalue weighted by molar-refractivity contribution is 9.10. The van der Waals surface area contributed by atoms with Crippen LogP contribution in [-0.2, 0) is 15.7 Å².